The molecule has 0 radical (unpaired) electrons. The third kappa shape index (κ3) is 3.60. The molecule has 1 saturated heterocycles. The fraction of sp³-hybridized carbons (Fsp3) is 0.632. The van der Waals surface area contributed by atoms with E-state index in [1.54, 1.807) is 0 Å². The zero-order valence-corrected chi connectivity index (χ0v) is 14.9. The number of nitrogens with one attached hydrogen (secondary N) is 1. The van der Waals surface area contributed by atoms with Crippen LogP contribution in [0.2, 0.25) is 0 Å². The predicted molar refractivity (Wildman–Crippen MR) is 93.1 cm³/mol. The van der Waals surface area contributed by atoms with E-state index in [4.69, 9.17) is 9.26 Å². The van der Waals surface area contributed by atoms with Gasteiger partial charge in [0.15, 0.2) is 5.82 Å². The molecule has 134 valence electrons. The number of nitrogens with zero attached hydrogens (tertiary/aromatic N) is 3. The van der Waals surface area contributed by atoms with Crippen LogP contribution in [0.4, 0.5) is 0 Å². The van der Waals surface area contributed by atoms with Crippen LogP contribution < -0.4 is 5.32 Å². The average molecular weight is 342 g/mol. The maximum Gasteiger partial charge on any atom is 0.256 e. The van der Waals surface area contributed by atoms with Crippen molar-refractivity contribution in [3.8, 4) is 0 Å². The highest BCUT2D eigenvalue weighted by Crippen LogP contribution is 2.40. The minimum Gasteiger partial charge on any atom is -0.368 e. The molecular formula is C19H26N4O2. The summed E-state index contributed by atoms with van der Waals surface area (Å²) < 4.78 is 11.4. The quantitative estimate of drug-likeness (QED) is 0.832. The van der Waals surface area contributed by atoms with Gasteiger partial charge >= 0.3 is 0 Å². The average Bonchev–Trinajstić information content (AvgIpc) is 3.19. The number of rotatable bonds is 7. The van der Waals surface area contributed by atoms with Gasteiger partial charge in [-0.3, -0.25) is 4.98 Å². The van der Waals surface area contributed by atoms with Crippen LogP contribution in [0.15, 0.2) is 22.9 Å². The first-order valence-electron chi connectivity index (χ1n) is 9.38. The number of hydrogen-bond acceptors (Lipinski definition) is 6. The molecule has 3 heterocycles. The second kappa shape index (κ2) is 7.22. The van der Waals surface area contributed by atoms with E-state index in [-0.39, 0.29) is 12.1 Å². The van der Waals surface area contributed by atoms with E-state index in [9.17, 15) is 0 Å². The van der Waals surface area contributed by atoms with E-state index in [1.165, 1.54) is 18.4 Å². The van der Waals surface area contributed by atoms with Gasteiger partial charge in [-0.1, -0.05) is 18.1 Å². The highest BCUT2D eigenvalue weighted by Gasteiger charge is 2.36. The van der Waals surface area contributed by atoms with Gasteiger partial charge in [-0.2, -0.15) is 4.98 Å². The first kappa shape index (κ1) is 16.7. The van der Waals surface area contributed by atoms with E-state index >= 15 is 0 Å². The number of aromatic nitrogens is 3. The zero-order valence-electron chi connectivity index (χ0n) is 14.9. The smallest absolute Gasteiger partial charge is 0.256 e. The van der Waals surface area contributed by atoms with Crippen molar-refractivity contribution in [2.24, 2.45) is 5.92 Å². The van der Waals surface area contributed by atoms with Crippen LogP contribution in [0.1, 0.15) is 74.1 Å². The molecule has 0 aromatic carbocycles. The number of aryl methyl sites for hydroxylation is 1. The van der Waals surface area contributed by atoms with Crippen LogP contribution in [0, 0.1) is 5.92 Å². The lowest BCUT2D eigenvalue weighted by molar-refractivity contribution is 0.0618. The fourth-order valence-electron chi connectivity index (χ4n) is 3.55. The molecule has 2 aromatic heterocycles. The summed E-state index contributed by atoms with van der Waals surface area (Å²) in [6, 6.07) is 4.37. The van der Waals surface area contributed by atoms with E-state index in [0.29, 0.717) is 17.7 Å². The van der Waals surface area contributed by atoms with Gasteiger partial charge in [0, 0.05) is 37.2 Å². The van der Waals surface area contributed by atoms with Gasteiger partial charge in [-0.15, -0.1) is 0 Å². The lowest BCUT2D eigenvalue weighted by atomic mass is 10.00. The molecule has 6 heteroatoms. The molecule has 25 heavy (non-hydrogen) atoms. The number of pyridine rings is 1. The summed E-state index contributed by atoms with van der Waals surface area (Å²) in [7, 11) is 0. The maximum atomic E-state index is 5.90. The summed E-state index contributed by atoms with van der Waals surface area (Å²) >= 11 is 0. The molecule has 0 bridgehead atoms. The Morgan fingerprint density at radius 1 is 1.32 bits per heavy atom. The van der Waals surface area contributed by atoms with Gasteiger partial charge in [-0.25, -0.2) is 0 Å². The Kier molecular flexibility index (Phi) is 4.81. The van der Waals surface area contributed by atoms with Crippen LogP contribution >= 0.6 is 0 Å². The third-order valence-corrected chi connectivity index (χ3v) is 5.26. The Morgan fingerprint density at radius 2 is 2.20 bits per heavy atom. The van der Waals surface area contributed by atoms with Crippen molar-refractivity contribution in [3.63, 3.8) is 0 Å². The van der Waals surface area contributed by atoms with Crippen molar-refractivity contribution >= 4 is 0 Å². The summed E-state index contributed by atoms with van der Waals surface area (Å²) in [5.41, 5.74) is 2.43. The van der Waals surface area contributed by atoms with Gasteiger partial charge in [0.25, 0.3) is 5.89 Å². The van der Waals surface area contributed by atoms with Crippen molar-refractivity contribution in [2.75, 3.05) is 13.2 Å². The first-order valence-corrected chi connectivity index (χ1v) is 9.38. The van der Waals surface area contributed by atoms with Gasteiger partial charge in [0.05, 0.1) is 5.69 Å². The van der Waals surface area contributed by atoms with E-state index in [0.717, 1.165) is 37.5 Å². The SMILES string of the molecule is CCc1cccnc1C(C)NC[C@@H]1CCO[C@@H]1c1nc(C2CC2)no1. The number of ether oxygens (including phenoxy) is 1. The third-order valence-electron chi connectivity index (χ3n) is 5.26. The Balaban J connectivity index is 1.39. The molecule has 0 amide bonds. The van der Waals surface area contributed by atoms with Crippen molar-refractivity contribution in [1.82, 2.24) is 20.4 Å². The molecule has 1 aliphatic heterocycles. The molecule has 2 fully saturated rings. The first-order chi connectivity index (χ1) is 12.3. The molecule has 3 atom stereocenters. The second-order valence-electron chi connectivity index (χ2n) is 7.14. The van der Waals surface area contributed by atoms with Gasteiger partial charge < -0.3 is 14.6 Å². The lowest BCUT2D eigenvalue weighted by Crippen LogP contribution is -2.28. The van der Waals surface area contributed by atoms with Crippen molar-refractivity contribution in [2.45, 2.75) is 57.6 Å². The molecule has 1 saturated carbocycles. The van der Waals surface area contributed by atoms with Crippen LogP contribution in [-0.2, 0) is 11.2 Å². The molecule has 0 spiro atoms. The monoisotopic (exact) mass is 342 g/mol. The molecule has 4 rings (SSSR count). The van der Waals surface area contributed by atoms with Crippen LogP contribution in [0.25, 0.3) is 0 Å². The molecular weight excluding hydrogens is 316 g/mol. The minimum atomic E-state index is -0.0888. The Morgan fingerprint density at radius 3 is 3.00 bits per heavy atom. The fourth-order valence-corrected chi connectivity index (χ4v) is 3.55. The minimum absolute atomic E-state index is 0.0888. The highest BCUT2D eigenvalue weighted by molar-refractivity contribution is 5.22. The van der Waals surface area contributed by atoms with Gasteiger partial charge in [-0.05, 0) is 44.2 Å². The molecule has 6 nitrogen and oxygen atoms in total. The van der Waals surface area contributed by atoms with Gasteiger partial charge in [0.1, 0.15) is 6.10 Å². The summed E-state index contributed by atoms with van der Waals surface area (Å²) in [5.74, 6) is 2.36. The van der Waals surface area contributed by atoms with Crippen molar-refractivity contribution in [1.29, 1.82) is 0 Å². The summed E-state index contributed by atoms with van der Waals surface area (Å²) in [5, 5.41) is 7.75. The maximum absolute atomic E-state index is 5.90. The molecule has 1 unspecified atom stereocenters. The number of hydrogen-bond donors (Lipinski definition) is 1. The normalized spacial score (nSPS) is 24.6. The molecule has 2 aromatic rings. The Hall–Kier alpha value is -1.79. The Bertz CT molecular complexity index is 713. The largest absolute Gasteiger partial charge is 0.368 e. The standard InChI is InChI=1S/C19H26N4O2/c1-3-13-5-4-9-20-16(13)12(2)21-11-15-8-10-24-17(15)19-22-18(23-25-19)14-6-7-14/h4-5,9,12,14-15,17,21H,3,6-8,10-11H2,1-2H3/t12?,15-,17-/m0/s1. The Labute approximate surface area is 148 Å². The van der Waals surface area contributed by atoms with E-state index < -0.39 is 0 Å². The second-order valence-corrected chi connectivity index (χ2v) is 7.14. The van der Waals surface area contributed by atoms with Crippen LogP contribution in [0.5, 0.6) is 0 Å². The van der Waals surface area contributed by atoms with Crippen molar-refractivity contribution < 1.29 is 9.26 Å². The molecule has 2 aliphatic rings. The van der Waals surface area contributed by atoms with E-state index in [1.807, 2.05) is 12.3 Å². The van der Waals surface area contributed by atoms with Crippen LogP contribution in [0.3, 0.4) is 0 Å². The highest BCUT2D eigenvalue weighted by atomic mass is 16.5. The summed E-state index contributed by atoms with van der Waals surface area (Å²) in [6.45, 7) is 5.94. The molecule has 1 N–H and O–H groups in total. The zero-order chi connectivity index (χ0) is 17.2. The summed E-state index contributed by atoms with van der Waals surface area (Å²) in [4.78, 5) is 9.14. The predicted octanol–water partition coefficient (Wildman–Crippen LogP) is 3.33. The lowest BCUT2D eigenvalue weighted by Gasteiger charge is -2.20. The topological polar surface area (TPSA) is 73.1 Å². The van der Waals surface area contributed by atoms with Gasteiger partial charge in [0.2, 0.25) is 0 Å². The van der Waals surface area contributed by atoms with Crippen molar-refractivity contribution in [3.05, 3.63) is 41.3 Å². The molecule has 1 aliphatic carbocycles. The van der Waals surface area contributed by atoms with Crippen LogP contribution in [-0.4, -0.2) is 28.3 Å². The van der Waals surface area contributed by atoms with E-state index in [2.05, 4.69) is 40.4 Å². The summed E-state index contributed by atoms with van der Waals surface area (Å²) in [6.07, 6.45) is 6.14.